The van der Waals surface area contributed by atoms with E-state index >= 15 is 0 Å². The standard InChI is InChI=1S/C74H85N9O26/c1-94-70-51(79-82-76)60(97-37-43-24-12-4-13-25-43)58(49(34-86)101-70)105-73-55(89)61(98-38-44-26-14-5-15-27-44)64(66(109-73)69(92)93)107-71-50(78-81-75)53(87)56(47(32-84)102-71)104-74-67(100-40-46-30-18-7-19-31-46)63(99-39-45-28-16-6-17-29-45)65(62(106-74)54(88)68(90)91)108-72-52(80-83-77)59(96-36-42-22-10-3-11-23-42)57(48(33-85)103-72)95-35-41-20-8-2-9-21-41/h2-31,47-53,55-67,69-74,84-87,89,92-93H,32-40H2,1H3,(H,90,91)/t47?,48?,49?,50?,51?,52?,53?,55?,56-,57-,58-,59?,60?,61?,62?,63?,64+,65-,66?,67?,70+,71-,72-,73-,74-/m1/s1. The number of benzene rings is 6. The summed E-state index contributed by atoms with van der Waals surface area (Å²) in [5.74, 6) is -3.74. The lowest BCUT2D eigenvalue weighted by molar-refractivity contribution is -0.392. The van der Waals surface area contributed by atoms with Gasteiger partial charge in [-0.05, 0) is 50.0 Å². The Balaban J connectivity index is 0.929. The molecule has 0 aromatic heterocycles. The summed E-state index contributed by atoms with van der Waals surface area (Å²) in [6, 6.07) is 47.4. The Labute approximate surface area is 623 Å². The number of carboxylic acid groups (broad SMARTS) is 1. The molecule has 8 N–H and O–H groups in total. The summed E-state index contributed by atoms with van der Waals surface area (Å²) in [6.45, 7) is -3.86. The van der Waals surface area contributed by atoms with Crippen LogP contribution in [0.1, 0.15) is 33.4 Å². The first-order chi connectivity index (χ1) is 53.2. The maximum Gasteiger partial charge on any atom is 0.375 e. The minimum absolute atomic E-state index is 0.0443. The largest absolute Gasteiger partial charge is 0.475 e. The van der Waals surface area contributed by atoms with Crippen LogP contribution in [-0.4, -0.2) is 239 Å². The van der Waals surface area contributed by atoms with E-state index in [1.54, 1.807) is 176 Å². The van der Waals surface area contributed by atoms with Crippen LogP contribution in [0.25, 0.3) is 31.3 Å². The summed E-state index contributed by atoms with van der Waals surface area (Å²) in [6.07, 6.45) is -41.7. The SMILES string of the molecule is CO[C@H]1OC(CO)[C@@H](O[C@@H]2OC(C(O)O)[C@@H](O[C@H]3OC(CO)[C@@H](O[C@@H]4OC(C(=O)C(=O)O)[C@@H](O[C@H]5OC(CO)[C@@H](OCc6ccccc6)C(OCc6ccccc6)C5N=[N+]=[N-])C(OCc5ccccc5)C4OCc4ccccc4)C(O)C3N=[N+]=[N-])C(OCc3ccccc3)C2O)C(OCc2ccccc2)C1N=[N+]=[N-]. The minimum Gasteiger partial charge on any atom is -0.475 e. The van der Waals surface area contributed by atoms with Crippen LogP contribution in [0.5, 0.6) is 0 Å². The second kappa shape index (κ2) is 40.4. The number of aliphatic carboxylic acids is 1. The Hall–Kier alpha value is -8.53. The van der Waals surface area contributed by atoms with Crippen molar-refractivity contribution in [3.8, 4) is 0 Å². The fourth-order valence-electron chi connectivity index (χ4n) is 13.5. The van der Waals surface area contributed by atoms with Crippen LogP contribution in [0.15, 0.2) is 197 Å². The summed E-state index contributed by atoms with van der Waals surface area (Å²) in [4.78, 5) is 37.0. The summed E-state index contributed by atoms with van der Waals surface area (Å²) in [5.41, 5.74) is 34.1. The van der Waals surface area contributed by atoms with Gasteiger partial charge in [0.2, 0.25) is 0 Å². The number of hydrogen-bond acceptors (Lipinski definition) is 28. The van der Waals surface area contributed by atoms with E-state index in [4.69, 9.17) is 75.8 Å². The number of ketones is 1. The zero-order valence-electron chi connectivity index (χ0n) is 58.6. The molecule has 5 fully saturated rings. The average molecular weight is 1520 g/mol. The third-order valence-corrected chi connectivity index (χ3v) is 18.9. The molecule has 0 spiro atoms. The molecule has 35 heteroatoms. The Morgan fingerprint density at radius 1 is 0.385 bits per heavy atom. The van der Waals surface area contributed by atoms with Gasteiger partial charge in [0.05, 0.1) is 65.6 Å². The number of aliphatic hydroxyl groups excluding tert-OH is 6. The van der Waals surface area contributed by atoms with Crippen LogP contribution < -0.4 is 0 Å². The van der Waals surface area contributed by atoms with E-state index in [9.17, 15) is 67.0 Å². The maximum atomic E-state index is 14.6. The van der Waals surface area contributed by atoms with Crippen molar-refractivity contribution >= 4 is 11.8 Å². The third kappa shape index (κ3) is 20.5. The molecule has 0 amide bonds. The van der Waals surface area contributed by atoms with Crippen molar-refractivity contribution in [2.75, 3.05) is 26.9 Å². The molecule has 11 rings (SSSR count). The molecule has 0 saturated carbocycles. The van der Waals surface area contributed by atoms with Crippen LogP contribution in [0.3, 0.4) is 0 Å². The quantitative estimate of drug-likeness (QED) is 0.00842. The molecular formula is C74H85N9O26. The number of Topliss-reactive ketones (excluding diaryl/α,β-unsaturated/α-hetero) is 1. The van der Waals surface area contributed by atoms with E-state index in [0.29, 0.717) is 33.4 Å². The Morgan fingerprint density at radius 3 is 1.15 bits per heavy atom. The Morgan fingerprint density at radius 2 is 0.725 bits per heavy atom. The van der Waals surface area contributed by atoms with E-state index in [1.165, 1.54) is 7.11 Å². The zero-order valence-corrected chi connectivity index (χ0v) is 58.6. The van der Waals surface area contributed by atoms with Gasteiger partial charge in [0.25, 0.3) is 5.78 Å². The number of nitrogens with zero attached hydrogens (tertiary/aromatic N) is 9. The molecule has 5 aliphatic rings. The van der Waals surface area contributed by atoms with Crippen LogP contribution >= 0.6 is 0 Å². The average Bonchev–Trinajstić information content (AvgIpc) is 0.765. The number of hydrogen-bond donors (Lipinski definition) is 8. The van der Waals surface area contributed by atoms with Gasteiger partial charge in [-0.25, -0.2) is 4.79 Å². The van der Waals surface area contributed by atoms with Gasteiger partial charge in [-0.2, -0.15) is 0 Å². The van der Waals surface area contributed by atoms with Gasteiger partial charge in [-0.3, -0.25) is 4.79 Å². The number of carbonyl (C=O) groups is 2. The fourth-order valence-corrected chi connectivity index (χ4v) is 13.5. The lowest BCUT2D eigenvalue weighted by atomic mass is 9.92. The van der Waals surface area contributed by atoms with Crippen molar-refractivity contribution in [1.29, 1.82) is 0 Å². The fraction of sp³-hybridized carbons (Fsp3) is 0.486. The lowest BCUT2D eigenvalue weighted by Crippen LogP contribution is -2.69. The number of methoxy groups -OCH3 is 1. The Kier molecular flexibility index (Phi) is 30.2. The van der Waals surface area contributed by atoms with E-state index in [0.717, 1.165) is 0 Å². The number of carbonyl (C=O) groups excluding carboxylic acids is 1. The van der Waals surface area contributed by atoms with Crippen LogP contribution in [0.4, 0.5) is 0 Å². The van der Waals surface area contributed by atoms with E-state index in [-0.39, 0.29) is 39.6 Å². The van der Waals surface area contributed by atoms with Crippen molar-refractivity contribution in [2.45, 2.75) is 199 Å². The molecule has 15 unspecified atom stereocenters. The van der Waals surface area contributed by atoms with Crippen molar-refractivity contribution in [2.24, 2.45) is 15.3 Å². The third-order valence-electron chi connectivity index (χ3n) is 18.9. The maximum absolute atomic E-state index is 14.6. The molecular weight excluding hydrogens is 1430 g/mol. The summed E-state index contributed by atoms with van der Waals surface area (Å²) in [5, 5.41) is 104. The molecule has 5 heterocycles. The second-order valence-electron chi connectivity index (χ2n) is 25.9. The molecule has 582 valence electrons. The highest BCUT2D eigenvalue weighted by Crippen LogP contribution is 2.41. The van der Waals surface area contributed by atoms with E-state index in [1.807, 2.05) is 6.07 Å². The minimum atomic E-state index is -2.57. The van der Waals surface area contributed by atoms with E-state index < -0.39 is 191 Å². The van der Waals surface area contributed by atoms with Crippen molar-refractivity contribution < 1.29 is 126 Å². The number of ether oxygens (including phenoxy) is 16. The summed E-state index contributed by atoms with van der Waals surface area (Å²) in [7, 11) is 1.27. The second-order valence-corrected chi connectivity index (χ2v) is 25.9. The monoisotopic (exact) mass is 1520 g/mol. The van der Waals surface area contributed by atoms with E-state index in [2.05, 4.69) is 30.1 Å². The molecule has 5 aliphatic heterocycles. The lowest BCUT2D eigenvalue weighted by Gasteiger charge is -2.51. The predicted molar refractivity (Wildman–Crippen MR) is 373 cm³/mol. The van der Waals surface area contributed by atoms with Crippen LogP contribution in [0, 0.1) is 0 Å². The highest BCUT2D eigenvalue weighted by molar-refractivity contribution is 6.34. The highest BCUT2D eigenvalue weighted by Gasteiger charge is 2.60. The molecule has 5 saturated heterocycles. The summed E-state index contributed by atoms with van der Waals surface area (Å²) >= 11 is 0. The molecule has 0 radical (unpaired) electrons. The molecule has 0 aliphatic carbocycles. The van der Waals surface area contributed by atoms with Gasteiger partial charge < -0.3 is 117 Å². The zero-order chi connectivity index (χ0) is 76.8. The smallest absolute Gasteiger partial charge is 0.375 e. The number of aliphatic hydroxyl groups is 7. The van der Waals surface area contributed by atoms with Crippen LogP contribution in [0.2, 0.25) is 0 Å². The predicted octanol–water partition coefficient (Wildman–Crippen LogP) is 5.01. The normalized spacial score (nSPS) is 32.5. The molecule has 25 atom stereocenters. The van der Waals surface area contributed by atoms with Gasteiger partial charge in [0.1, 0.15) is 110 Å². The number of carboxylic acids is 1. The first-order valence-electron chi connectivity index (χ1n) is 35.0. The highest BCUT2D eigenvalue weighted by atomic mass is 16.8. The molecule has 35 nitrogen and oxygen atoms in total. The Bertz CT molecular complexity index is 3930. The first-order valence-corrected chi connectivity index (χ1v) is 35.0. The van der Waals surface area contributed by atoms with Crippen LogP contribution in [-0.2, 0) is 125 Å². The van der Waals surface area contributed by atoms with Crippen molar-refractivity contribution in [3.63, 3.8) is 0 Å². The number of azide groups is 3. The van der Waals surface area contributed by atoms with Gasteiger partial charge >= 0.3 is 5.97 Å². The molecule has 6 aromatic carbocycles. The molecule has 109 heavy (non-hydrogen) atoms. The molecule has 6 aromatic rings. The van der Waals surface area contributed by atoms with Gasteiger partial charge in [-0.15, -0.1) is 0 Å². The summed E-state index contributed by atoms with van der Waals surface area (Å²) < 4.78 is 103. The van der Waals surface area contributed by atoms with Gasteiger partial charge in [0.15, 0.2) is 43.8 Å². The number of rotatable bonds is 36. The molecule has 0 bridgehead atoms. The van der Waals surface area contributed by atoms with Crippen molar-refractivity contribution in [3.05, 3.63) is 247 Å². The van der Waals surface area contributed by atoms with Crippen molar-refractivity contribution in [1.82, 2.24) is 0 Å². The van der Waals surface area contributed by atoms with Gasteiger partial charge in [-0.1, -0.05) is 197 Å². The van der Waals surface area contributed by atoms with Gasteiger partial charge in [0, 0.05) is 21.8 Å². The topological polar surface area (TPSA) is 490 Å². The first kappa shape index (κ1) is 81.5.